The highest BCUT2D eigenvalue weighted by molar-refractivity contribution is 5.95. The first-order valence-electron chi connectivity index (χ1n) is 12.7. The van der Waals surface area contributed by atoms with Crippen molar-refractivity contribution in [1.29, 1.82) is 0 Å². The van der Waals surface area contributed by atoms with Crippen molar-refractivity contribution in [3.05, 3.63) is 107 Å². The van der Waals surface area contributed by atoms with Crippen LogP contribution in [0.5, 0.6) is 0 Å². The van der Waals surface area contributed by atoms with E-state index in [1.807, 2.05) is 60.7 Å². The monoisotopic (exact) mass is 535 g/mol. The predicted molar refractivity (Wildman–Crippen MR) is 141 cm³/mol. The molecule has 1 heterocycles. The van der Waals surface area contributed by atoms with Gasteiger partial charge in [-0.15, -0.1) is 0 Å². The van der Waals surface area contributed by atoms with E-state index in [0.717, 1.165) is 23.3 Å². The third-order valence-electron chi connectivity index (χ3n) is 7.05. The minimum absolute atomic E-state index is 0.0738. The molecule has 0 radical (unpaired) electrons. The van der Waals surface area contributed by atoms with Crippen LogP contribution in [0.1, 0.15) is 61.4 Å². The van der Waals surface area contributed by atoms with Gasteiger partial charge in [-0.1, -0.05) is 60.7 Å². The molecule has 1 fully saturated rings. The Balaban J connectivity index is 1.51. The number of hydrogen-bond donors (Lipinski definition) is 4. The van der Waals surface area contributed by atoms with Crippen molar-refractivity contribution < 1.29 is 28.3 Å². The number of carbonyl (C=O) groups is 3. The average Bonchev–Trinajstić information content (AvgIpc) is 3.04. The zero-order valence-corrected chi connectivity index (χ0v) is 21.7. The van der Waals surface area contributed by atoms with Crippen molar-refractivity contribution >= 4 is 17.7 Å². The fraction of sp³-hybridized carbons (Fsp3) is 0.300. The Labute approximate surface area is 225 Å². The van der Waals surface area contributed by atoms with Crippen LogP contribution in [0.15, 0.2) is 78.9 Å². The molecule has 1 aliphatic heterocycles. The van der Waals surface area contributed by atoms with Gasteiger partial charge in [0.2, 0.25) is 11.8 Å². The van der Waals surface area contributed by atoms with Crippen molar-refractivity contribution in [2.45, 2.75) is 56.3 Å². The second-order valence-corrected chi connectivity index (χ2v) is 10.1. The quantitative estimate of drug-likeness (QED) is 0.369. The molecule has 9 heteroatoms. The summed E-state index contributed by atoms with van der Waals surface area (Å²) in [7, 11) is 0. The van der Waals surface area contributed by atoms with Crippen LogP contribution in [0.25, 0.3) is 0 Å². The van der Waals surface area contributed by atoms with E-state index < -0.39 is 41.1 Å². The van der Waals surface area contributed by atoms with Crippen LogP contribution in [-0.4, -0.2) is 34.4 Å². The van der Waals surface area contributed by atoms with Crippen LogP contribution in [0.4, 0.5) is 8.78 Å². The second kappa shape index (κ2) is 11.7. The predicted octanol–water partition coefficient (Wildman–Crippen LogP) is 3.81. The Morgan fingerprint density at radius 1 is 0.949 bits per heavy atom. The molecule has 0 unspecified atom stereocenters. The van der Waals surface area contributed by atoms with Gasteiger partial charge in [0.1, 0.15) is 23.2 Å². The molecule has 3 aromatic carbocycles. The van der Waals surface area contributed by atoms with E-state index in [9.17, 15) is 28.3 Å². The fourth-order valence-electron chi connectivity index (χ4n) is 4.94. The summed E-state index contributed by atoms with van der Waals surface area (Å²) >= 11 is 0. The Hall–Kier alpha value is -4.11. The van der Waals surface area contributed by atoms with E-state index in [2.05, 4.69) is 16.0 Å². The molecular weight excluding hydrogens is 504 g/mol. The number of aliphatic hydroxyl groups is 1. The Kier molecular flexibility index (Phi) is 8.40. The first kappa shape index (κ1) is 27.9. The zero-order chi connectivity index (χ0) is 28.2. The number of amides is 3. The van der Waals surface area contributed by atoms with Gasteiger partial charge in [-0.05, 0) is 61.4 Å². The van der Waals surface area contributed by atoms with Gasteiger partial charge in [0.05, 0.1) is 6.04 Å². The standard InChI is InChI=1S/C30H31F2N3O4/c1-18(33-28(38)26(36)21-13-23(31)16-24(32)14-21)27(37)35-30(2)17-22(19-9-5-3-6-10-19)15-25(34-29(30)39)20-11-7-4-8-12-20/h3-14,16,18,22,25-26,36H,15,17H2,1-2H3,(H,33,38)(H,34,39)(H,35,37)/t18-,22+,25-,26+,30-/m0/s1. The van der Waals surface area contributed by atoms with Gasteiger partial charge in [0.25, 0.3) is 5.91 Å². The molecule has 0 aromatic heterocycles. The van der Waals surface area contributed by atoms with Crippen molar-refractivity contribution in [2.24, 2.45) is 0 Å². The van der Waals surface area contributed by atoms with E-state index in [-0.39, 0.29) is 23.4 Å². The van der Waals surface area contributed by atoms with Gasteiger partial charge < -0.3 is 21.1 Å². The molecule has 0 saturated carbocycles. The maximum atomic E-state index is 13.5. The molecule has 5 atom stereocenters. The highest BCUT2D eigenvalue weighted by atomic mass is 19.1. The maximum Gasteiger partial charge on any atom is 0.254 e. The van der Waals surface area contributed by atoms with Crippen molar-refractivity contribution in [3.63, 3.8) is 0 Å². The number of benzene rings is 3. The molecule has 0 aliphatic carbocycles. The Bertz CT molecular complexity index is 1320. The molecular formula is C30H31F2N3O4. The summed E-state index contributed by atoms with van der Waals surface area (Å²) in [5.41, 5.74) is 0.378. The number of aliphatic hydroxyl groups excluding tert-OH is 1. The van der Waals surface area contributed by atoms with E-state index >= 15 is 0 Å². The summed E-state index contributed by atoms with van der Waals surface area (Å²) in [6, 6.07) is 20.2. The summed E-state index contributed by atoms with van der Waals surface area (Å²) in [5, 5.41) is 18.5. The van der Waals surface area contributed by atoms with Crippen molar-refractivity contribution in [1.82, 2.24) is 16.0 Å². The normalized spacial score (nSPS) is 22.6. The van der Waals surface area contributed by atoms with Gasteiger partial charge in [-0.3, -0.25) is 14.4 Å². The molecule has 7 nitrogen and oxygen atoms in total. The molecule has 1 saturated heterocycles. The molecule has 4 rings (SSSR count). The van der Waals surface area contributed by atoms with Gasteiger partial charge in [-0.25, -0.2) is 8.78 Å². The lowest BCUT2D eigenvalue weighted by molar-refractivity contribution is -0.137. The highest BCUT2D eigenvalue weighted by Gasteiger charge is 2.43. The second-order valence-electron chi connectivity index (χ2n) is 10.1. The number of hydrogen-bond acceptors (Lipinski definition) is 4. The van der Waals surface area contributed by atoms with Crippen LogP contribution in [-0.2, 0) is 14.4 Å². The van der Waals surface area contributed by atoms with E-state index in [4.69, 9.17) is 0 Å². The number of nitrogens with one attached hydrogen (secondary N) is 3. The van der Waals surface area contributed by atoms with Gasteiger partial charge >= 0.3 is 0 Å². The third kappa shape index (κ3) is 6.67. The lowest BCUT2D eigenvalue weighted by Crippen LogP contribution is -2.60. The van der Waals surface area contributed by atoms with Crippen LogP contribution < -0.4 is 16.0 Å². The summed E-state index contributed by atoms with van der Waals surface area (Å²) in [5.74, 6) is -3.99. The fourth-order valence-corrected chi connectivity index (χ4v) is 4.94. The van der Waals surface area contributed by atoms with Gasteiger partial charge in [-0.2, -0.15) is 0 Å². The van der Waals surface area contributed by atoms with Crippen LogP contribution in [0, 0.1) is 11.6 Å². The van der Waals surface area contributed by atoms with Crippen LogP contribution >= 0.6 is 0 Å². The molecule has 204 valence electrons. The largest absolute Gasteiger partial charge is 0.378 e. The molecule has 39 heavy (non-hydrogen) atoms. The summed E-state index contributed by atoms with van der Waals surface area (Å²) < 4.78 is 27.0. The van der Waals surface area contributed by atoms with E-state index in [1.54, 1.807) is 6.92 Å². The number of rotatable bonds is 7. The Morgan fingerprint density at radius 2 is 1.51 bits per heavy atom. The maximum absolute atomic E-state index is 13.5. The van der Waals surface area contributed by atoms with Crippen molar-refractivity contribution in [2.75, 3.05) is 0 Å². The van der Waals surface area contributed by atoms with Gasteiger partial charge in [0.15, 0.2) is 6.10 Å². The summed E-state index contributed by atoms with van der Waals surface area (Å²) in [6.07, 6.45) is -0.964. The minimum atomic E-state index is -1.89. The minimum Gasteiger partial charge on any atom is -0.378 e. The molecule has 0 spiro atoms. The summed E-state index contributed by atoms with van der Waals surface area (Å²) in [6.45, 7) is 3.04. The molecule has 4 N–H and O–H groups in total. The highest BCUT2D eigenvalue weighted by Crippen LogP contribution is 2.38. The summed E-state index contributed by atoms with van der Waals surface area (Å²) in [4.78, 5) is 39.2. The van der Waals surface area contributed by atoms with Gasteiger partial charge in [0, 0.05) is 6.07 Å². The third-order valence-corrected chi connectivity index (χ3v) is 7.05. The Morgan fingerprint density at radius 3 is 2.10 bits per heavy atom. The van der Waals surface area contributed by atoms with Crippen LogP contribution in [0.3, 0.4) is 0 Å². The average molecular weight is 536 g/mol. The topological polar surface area (TPSA) is 108 Å². The molecule has 3 aromatic rings. The molecule has 3 amide bonds. The first-order chi connectivity index (χ1) is 18.6. The lowest BCUT2D eigenvalue weighted by atomic mass is 9.82. The first-order valence-corrected chi connectivity index (χ1v) is 12.7. The number of carbonyl (C=O) groups excluding carboxylic acids is 3. The SMILES string of the molecule is C[C@H](NC(=O)[C@H](O)c1cc(F)cc(F)c1)C(=O)N[C@@]1(C)C[C@H](c2ccccc2)C[C@@H](c2ccccc2)NC1=O. The van der Waals surface area contributed by atoms with Crippen molar-refractivity contribution in [3.8, 4) is 0 Å². The lowest BCUT2D eigenvalue weighted by Gasteiger charge is -2.31. The molecule has 1 aliphatic rings. The van der Waals surface area contributed by atoms with Crippen LogP contribution in [0.2, 0.25) is 0 Å². The number of halogens is 2. The van der Waals surface area contributed by atoms with E-state index in [1.165, 1.54) is 6.92 Å². The van der Waals surface area contributed by atoms with E-state index in [0.29, 0.717) is 18.9 Å². The molecule has 0 bridgehead atoms. The smallest absolute Gasteiger partial charge is 0.254 e. The zero-order valence-electron chi connectivity index (χ0n) is 21.7.